The third-order valence-corrected chi connectivity index (χ3v) is 6.08. The van der Waals surface area contributed by atoms with Gasteiger partial charge >= 0.3 is 0 Å². The fraction of sp³-hybridized carbons (Fsp3) is 0.391. The fourth-order valence-electron chi connectivity index (χ4n) is 3.82. The van der Waals surface area contributed by atoms with Gasteiger partial charge in [-0.15, -0.1) is 0 Å². The summed E-state index contributed by atoms with van der Waals surface area (Å²) < 4.78 is 10.7. The molecule has 2 aromatic carbocycles. The molecule has 1 unspecified atom stereocenters. The maximum Gasteiger partial charge on any atom is 0.238 e. The molecule has 2 heterocycles. The van der Waals surface area contributed by atoms with Gasteiger partial charge in [-0.2, -0.15) is 0 Å². The number of para-hydroxylation sites is 1. The Labute approximate surface area is 192 Å². The molecular formula is C23H27ClN4O4. The number of rotatable bonds is 7. The van der Waals surface area contributed by atoms with Gasteiger partial charge in [-0.05, 0) is 36.8 Å². The van der Waals surface area contributed by atoms with E-state index in [0.717, 1.165) is 37.5 Å². The topological polar surface area (TPSA) is 83.1 Å². The fourth-order valence-corrected chi connectivity index (χ4v) is 4.00. The van der Waals surface area contributed by atoms with Gasteiger partial charge in [-0.1, -0.05) is 29.8 Å². The van der Waals surface area contributed by atoms with Crippen LogP contribution in [0.4, 0.5) is 5.69 Å². The van der Waals surface area contributed by atoms with Crippen LogP contribution in [0.1, 0.15) is 12.5 Å². The normalized spacial score (nSPS) is 17.1. The van der Waals surface area contributed by atoms with Crippen LogP contribution >= 0.6 is 11.6 Å². The predicted molar refractivity (Wildman–Crippen MR) is 122 cm³/mol. The molecule has 32 heavy (non-hydrogen) atoms. The number of halogens is 1. The lowest BCUT2D eigenvalue weighted by atomic mass is 10.1. The van der Waals surface area contributed by atoms with Gasteiger partial charge in [0.15, 0.2) is 11.5 Å². The largest absolute Gasteiger partial charge is 0.454 e. The predicted octanol–water partition coefficient (Wildman–Crippen LogP) is 2.33. The average molecular weight is 459 g/mol. The molecule has 2 aromatic rings. The molecule has 1 fully saturated rings. The summed E-state index contributed by atoms with van der Waals surface area (Å²) in [5, 5.41) is 6.37. The molecule has 170 valence electrons. The van der Waals surface area contributed by atoms with E-state index in [4.69, 9.17) is 21.1 Å². The molecule has 0 aromatic heterocycles. The lowest BCUT2D eigenvalue weighted by molar-refractivity contribution is -0.127. The number of nitrogens with zero attached hydrogens (tertiary/aromatic N) is 2. The van der Waals surface area contributed by atoms with Crippen molar-refractivity contribution in [3.05, 3.63) is 53.1 Å². The molecule has 2 amide bonds. The first kappa shape index (κ1) is 22.4. The Morgan fingerprint density at radius 1 is 1.06 bits per heavy atom. The first-order chi connectivity index (χ1) is 15.5. The van der Waals surface area contributed by atoms with E-state index in [9.17, 15) is 9.59 Å². The number of anilines is 1. The number of ether oxygens (including phenoxy) is 2. The summed E-state index contributed by atoms with van der Waals surface area (Å²) >= 11 is 6.10. The van der Waals surface area contributed by atoms with Gasteiger partial charge in [0.1, 0.15) is 0 Å². The Morgan fingerprint density at radius 3 is 2.59 bits per heavy atom. The second kappa shape index (κ2) is 10.2. The summed E-state index contributed by atoms with van der Waals surface area (Å²) in [6.07, 6.45) is 0. The number of hydrogen-bond acceptors (Lipinski definition) is 6. The Bertz CT molecular complexity index is 978. The van der Waals surface area contributed by atoms with E-state index >= 15 is 0 Å². The van der Waals surface area contributed by atoms with E-state index in [-0.39, 0.29) is 24.6 Å². The van der Waals surface area contributed by atoms with E-state index in [0.29, 0.717) is 29.5 Å². The van der Waals surface area contributed by atoms with Crippen molar-refractivity contribution in [1.29, 1.82) is 0 Å². The van der Waals surface area contributed by atoms with Crippen LogP contribution in [0.5, 0.6) is 11.5 Å². The van der Waals surface area contributed by atoms with Gasteiger partial charge in [-0.3, -0.25) is 19.4 Å². The number of amides is 2. The number of carbonyl (C=O) groups is 2. The highest BCUT2D eigenvalue weighted by atomic mass is 35.5. The maximum atomic E-state index is 12.6. The minimum atomic E-state index is -0.247. The van der Waals surface area contributed by atoms with Crippen LogP contribution in [0.25, 0.3) is 0 Å². The van der Waals surface area contributed by atoms with Crippen LogP contribution in [0.3, 0.4) is 0 Å². The Balaban J connectivity index is 1.20. The summed E-state index contributed by atoms with van der Waals surface area (Å²) in [4.78, 5) is 29.2. The van der Waals surface area contributed by atoms with Gasteiger partial charge < -0.3 is 20.1 Å². The van der Waals surface area contributed by atoms with Crippen molar-refractivity contribution < 1.29 is 19.1 Å². The number of piperazine rings is 1. The zero-order chi connectivity index (χ0) is 22.5. The molecule has 0 bridgehead atoms. The van der Waals surface area contributed by atoms with Gasteiger partial charge in [0, 0.05) is 32.7 Å². The molecule has 0 saturated carbocycles. The lowest BCUT2D eigenvalue weighted by Crippen LogP contribution is -2.54. The van der Waals surface area contributed by atoms with Gasteiger partial charge in [0.05, 0.1) is 23.3 Å². The summed E-state index contributed by atoms with van der Waals surface area (Å²) in [6.45, 7) is 5.75. The van der Waals surface area contributed by atoms with Crippen LogP contribution in [0.2, 0.25) is 5.02 Å². The second-order valence-electron chi connectivity index (χ2n) is 7.92. The van der Waals surface area contributed by atoms with Crippen molar-refractivity contribution in [2.75, 3.05) is 44.8 Å². The minimum absolute atomic E-state index is 0.0208. The zero-order valence-corrected chi connectivity index (χ0v) is 18.7. The molecule has 1 saturated heterocycles. The van der Waals surface area contributed by atoms with Gasteiger partial charge in [0.25, 0.3) is 0 Å². The van der Waals surface area contributed by atoms with Crippen LogP contribution in [0.15, 0.2) is 42.5 Å². The smallest absolute Gasteiger partial charge is 0.238 e. The average Bonchev–Trinajstić information content (AvgIpc) is 3.27. The Hall–Kier alpha value is -2.81. The lowest BCUT2D eigenvalue weighted by Gasteiger charge is -2.37. The van der Waals surface area contributed by atoms with Crippen LogP contribution < -0.4 is 20.1 Å². The molecule has 0 spiro atoms. The summed E-state index contributed by atoms with van der Waals surface area (Å²) in [6, 6.07) is 12.6. The number of benzene rings is 2. The zero-order valence-electron chi connectivity index (χ0n) is 18.0. The first-order valence-electron chi connectivity index (χ1n) is 10.7. The van der Waals surface area contributed by atoms with Crippen molar-refractivity contribution >= 4 is 29.1 Å². The van der Waals surface area contributed by atoms with Crippen LogP contribution in [-0.2, 0) is 16.1 Å². The highest BCUT2D eigenvalue weighted by Crippen LogP contribution is 2.32. The van der Waals surface area contributed by atoms with Crippen molar-refractivity contribution in [3.63, 3.8) is 0 Å². The highest BCUT2D eigenvalue weighted by Gasteiger charge is 2.26. The summed E-state index contributed by atoms with van der Waals surface area (Å²) in [5.74, 6) is 1.32. The minimum Gasteiger partial charge on any atom is -0.454 e. The van der Waals surface area contributed by atoms with Gasteiger partial charge in [-0.25, -0.2) is 0 Å². The molecule has 0 aliphatic carbocycles. The summed E-state index contributed by atoms with van der Waals surface area (Å²) in [7, 11) is 0. The van der Waals surface area contributed by atoms with Crippen molar-refractivity contribution in [1.82, 2.24) is 15.1 Å². The third-order valence-electron chi connectivity index (χ3n) is 5.75. The number of fused-ring (bicyclic) bond motifs is 1. The van der Waals surface area contributed by atoms with Crippen molar-refractivity contribution in [2.24, 2.45) is 0 Å². The number of nitrogens with one attached hydrogen (secondary N) is 2. The maximum absolute atomic E-state index is 12.6. The first-order valence-corrected chi connectivity index (χ1v) is 11.0. The molecule has 4 rings (SSSR count). The number of hydrogen-bond donors (Lipinski definition) is 2. The van der Waals surface area contributed by atoms with Crippen molar-refractivity contribution in [2.45, 2.75) is 19.5 Å². The molecule has 2 N–H and O–H groups in total. The molecule has 0 radical (unpaired) electrons. The SMILES string of the molecule is CC(C(=O)NCc1ccc2c(c1)OCO2)N1CCN(CC(=O)Nc2ccccc2Cl)CC1. The molecule has 9 heteroatoms. The number of carbonyl (C=O) groups excluding carboxylic acids is 2. The van der Waals surface area contributed by atoms with E-state index in [1.165, 1.54) is 0 Å². The summed E-state index contributed by atoms with van der Waals surface area (Å²) in [5.41, 5.74) is 1.58. The van der Waals surface area contributed by atoms with Crippen LogP contribution in [0, 0.1) is 0 Å². The Morgan fingerprint density at radius 2 is 1.81 bits per heavy atom. The quantitative estimate of drug-likeness (QED) is 0.662. The van der Waals surface area contributed by atoms with Crippen molar-refractivity contribution in [3.8, 4) is 11.5 Å². The second-order valence-corrected chi connectivity index (χ2v) is 8.33. The third kappa shape index (κ3) is 5.51. The van der Waals surface area contributed by atoms with E-state index in [2.05, 4.69) is 20.4 Å². The standard InChI is InChI=1S/C23H27ClN4O4/c1-16(23(30)25-13-17-6-7-20-21(12-17)32-15-31-20)28-10-8-27(9-11-28)14-22(29)26-19-5-3-2-4-18(19)24/h2-7,12,16H,8-11,13-15H2,1H3,(H,25,30)(H,26,29). The van der Waals surface area contributed by atoms with E-state index in [1.807, 2.05) is 37.3 Å². The molecule has 2 aliphatic rings. The van der Waals surface area contributed by atoms with Gasteiger partial charge in [0.2, 0.25) is 18.6 Å². The van der Waals surface area contributed by atoms with Crippen LogP contribution in [-0.4, -0.2) is 67.2 Å². The molecule has 1 atom stereocenters. The molecule has 2 aliphatic heterocycles. The monoisotopic (exact) mass is 458 g/mol. The van der Waals surface area contributed by atoms with E-state index in [1.54, 1.807) is 12.1 Å². The highest BCUT2D eigenvalue weighted by molar-refractivity contribution is 6.33. The molecular weight excluding hydrogens is 432 g/mol. The van der Waals surface area contributed by atoms with E-state index < -0.39 is 0 Å². The molecule has 8 nitrogen and oxygen atoms in total. The Kier molecular flexibility index (Phi) is 7.14.